The topological polar surface area (TPSA) is 164 Å². The highest BCUT2D eigenvalue weighted by Crippen LogP contribution is 2.54. The van der Waals surface area contributed by atoms with Gasteiger partial charge in [-0.05, 0) is 13.8 Å². The molecule has 0 radical (unpaired) electrons. The Kier molecular flexibility index (Phi) is 3.48. The third-order valence-electron chi connectivity index (χ3n) is 5.56. The molecular formula is C14H20ClN5O6. The molecule has 0 aliphatic carbocycles. The second-order valence-electron chi connectivity index (χ2n) is 7.40. The molecular weight excluding hydrogens is 370 g/mol. The first-order chi connectivity index (χ1) is 12.0. The van der Waals surface area contributed by atoms with E-state index in [0.717, 1.165) is 0 Å². The van der Waals surface area contributed by atoms with Crippen molar-refractivity contribution in [1.82, 2.24) is 9.80 Å². The lowest BCUT2D eigenvalue weighted by Crippen LogP contribution is -2.71. The number of carboxylic acid groups (broad SMARTS) is 1. The molecule has 0 amide bonds. The molecule has 12 heteroatoms. The number of amidine groups is 1. The average molecular weight is 390 g/mol. The molecule has 4 rings (SSSR count). The maximum absolute atomic E-state index is 12.2. The van der Waals surface area contributed by atoms with Gasteiger partial charge >= 0.3 is 5.97 Å². The standard InChI is InChI=1S/C14H20ClN5O6/c1-12(2)9-18-14(15,16)13(11(24)25)10(20(9)12)19(4-17-13)8-7(23)6(22)5(3-21)26-8/h4-8,10,21-23H,3,16H2,1-2H3,(H,24,25)/t5-,6-,7-,8-,10?,13?,14?,20?/m1/s1. The molecule has 4 heterocycles. The second kappa shape index (κ2) is 5.06. The Morgan fingerprint density at radius 2 is 2.08 bits per heavy atom. The number of alkyl halides is 1. The third-order valence-corrected chi connectivity index (χ3v) is 5.94. The Hall–Kier alpha value is -1.50. The number of aliphatic carboxylic acids is 1. The maximum atomic E-state index is 12.2. The smallest absolute Gasteiger partial charge is 0.341 e. The molecule has 0 bridgehead atoms. The van der Waals surface area contributed by atoms with E-state index in [0.29, 0.717) is 5.84 Å². The van der Waals surface area contributed by atoms with Gasteiger partial charge in [0.25, 0.3) is 0 Å². The van der Waals surface area contributed by atoms with Crippen molar-refractivity contribution in [2.45, 2.75) is 60.8 Å². The molecule has 26 heavy (non-hydrogen) atoms. The minimum atomic E-state index is -2.05. The van der Waals surface area contributed by atoms with Crippen molar-refractivity contribution in [2.24, 2.45) is 15.7 Å². The van der Waals surface area contributed by atoms with Gasteiger partial charge in [0.1, 0.15) is 30.3 Å². The Balaban J connectivity index is 1.79. The van der Waals surface area contributed by atoms with Gasteiger partial charge < -0.3 is 35.0 Å². The van der Waals surface area contributed by atoms with Crippen molar-refractivity contribution < 1.29 is 30.0 Å². The van der Waals surface area contributed by atoms with Gasteiger partial charge in [0.15, 0.2) is 6.23 Å². The van der Waals surface area contributed by atoms with Crippen molar-refractivity contribution in [1.29, 1.82) is 0 Å². The first kappa shape index (κ1) is 17.9. The van der Waals surface area contributed by atoms with Gasteiger partial charge in [-0.25, -0.2) is 14.8 Å². The summed E-state index contributed by atoms with van der Waals surface area (Å²) < 4.78 is 5.54. The lowest BCUT2D eigenvalue weighted by Gasteiger charge is -2.44. The number of hydrogen-bond acceptors (Lipinski definition) is 10. The van der Waals surface area contributed by atoms with E-state index in [4.69, 9.17) is 22.1 Å². The van der Waals surface area contributed by atoms with E-state index >= 15 is 0 Å². The van der Waals surface area contributed by atoms with Crippen molar-refractivity contribution >= 4 is 29.7 Å². The van der Waals surface area contributed by atoms with Gasteiger partial charge in [0, 0.05) is 0 Å². The zero-order valence-electron chi connectivity index (χ0n) is 14.0. The van der Waals surface area contributed by atoms with E-state index in [9.17, 15) is 25.2 Å². The van der Waals surface area contributed by atoms with Gasteiger partial charge in [-0.2, -0.15) is 0 Å². The number of fused-ring (bicyclic) bond motifs is 3. The zero-order valence-corrected chi connectivity index (χ0v) is 14.8. The van der Waals surface area contributed by atoms with E-state index in [2.05, 4.69) is 9.98 Å². The van der Waals surface area contributed by atoms with Crippen molar-refractivity contribution in [3.8, 4) is 0 Å². The summed E-state index contributed by atoms with van der Waals surface area (Å²) in [6, 6.07) is 0. The highest BCUT2D eigenvalue weighted by Gasteiger charge is 2.77. The Bertz CT molecular complexity index is 729. The van der Waals surface area contributed by atoms with E-state index in [1.807, 2.05) is 13.8 Å². The molecule has 2 fully saturated rings. The molecule has 0 aromatic heterocycles. The number of ether oxygens (including phenoxy) is 1. The summed E-state index contributed by atoms with van der Waals surface area (Å²) >= 11 is 6.32. The molecule has 6 N–H and O–H groups in total. The van der Waals surface area contributed by atoms with Crippen LogP contribution in [0.15, 0.2) is 9.98 Å². The summed E-state index contributed by atoms with van der Waals surface area (Å²) in [5.41, 5.74) is 3.40. The van der Waals surface area contributed by atoms with Gasteiger partial charge in [-0.15, -0.1) is 0 Å². The molecule has 3 unspecified atom stereocenters. The predicted molar refractivity (Wildman–Crippen MR) is 88.4 cm³/mol. The predicted octanol–water partition coefficient (Wildman–Crippen LogP) is -2.72. The van der Waals surface area contributed by atoms with Crippen LogP contribution in [0.2, 0.25) is 0 Å². The van der Waals surface area contributed by atoms with Crippen LogP contribution in [0, 0.1) is 0 Å². The van der Waals surface area contributed by atoms with Crippen LogP contribution < -0.4 is 5.73 Å². The normalized spacial score (nSPS) is 48.3. The van der Waals surface area contributed by atoms with Crippen LogP contribution in [-0.4, -0.2) is 102 Å². The third kappa shape index (κ3) is 1.87. The number of carbonyl (C=O) groups is 1. The van der Waals surface area contributed by atoms with Crippen LogP contribution in [0.3, 0.4) is 0 Å². The van der Waals surface area contributed by atoms with Gasteiger partial charge in [0.05, 0.1) is 18.5 Å². The monoisotopic (exact) mass is 389 g/mol. The lowest BCUT2D eigenvalue weighted by molar-refractivity contribution is -0.153. The molecule has 2 saturated heterocycles. The summed E-state index contributed by atoms with van der Waals surface area (Å²) in [5.74, 6) is -0.866. The number of carboxylic acids is 1. The van der Waals surface area contributed by atoms with E-state index in [-0.39, 0.29) is 0 Å². The lowest BCUT2D eigenvalue weighted by atomic mass is 9.91. The summed E-state index contributed by atoms with van der Waals surface area (Å²) in [6.07, 6.45) is -4.71. The van der Waals surface area contributed by atoms with Crippen molar-refractivity contribution in [3.05, 3.63) is 0 Å². The van der Waals surface area contributed by atoms with E-state index in [1.165, 1.54) is 11.2 Å². The number of rotatable bonds is 3. The zero-order chi connectivity index (χ0) is 19.2. The van der Waals surface area contributed by atoms with Gasteiger partial charge in [0.2, 0.25) is 10.7 Å². The quantitative estimate of drug-likeness (QED) is 0.196. The number of nitrogens with two attached hydrogens (primary N) is 1. The number of aliphatic imine (C=N–C) groups is 2. The van der Waals surface area contributed by atoms with E-state index in [1.54, 1.807) is 4.90 Å². The molecule has 144 valence electrons. The summed E-state index contributed by atoms with van der Waals surface area (Å²) in [5, 5.41) is 37.5. The number of aliphatic hydroxyl groups excluding tert-OH is 3. The molecule has 4 aliphatic rings. The second-order valence-corrected chi connectivity index (χ2v) is 7.98. The fraction of sp³-hybridized carbons (Fsp3) is 0.786. The number of hydrogen-bond donors (Lipinski definition) is 5. The summed E-state index contributed by atoms with van der Waals surface area (Å²) in [6.45, 7) is 3.14. The first-order valence-corrected chi connectivity index (χ1v) is 8.44. The molecule has 11 nitrogen and oxygen atoms in total. The number of aliphatic hydroxyl groups is 3. The highest BCUT2D eigenvalue weighted by atomic mass is 35.5. The van der Waals surface area contributed by atoms with Crippen LogP contribution in [0.25, 0.3) is 0 Å². The molecule has 0 aromatic carbocycles. The highest BCUT2D eigenvalue weighted by molar-refractivity contribution is 6.29. The first-order valence-electron chi connectivity index (χ1n) is 8.07. The van der Waals surface area contributed by atoms with Crippen LogP contribution in [0.1, 0.15) is 13.8 Å². The van der Waals surface area contributed by atoms with Crippen molar-refractivity contribution in [2.75, 3.05) is 6.61 Å². The summed E-state index contributed by atoms with van der Waals surface area (Å²) in [7, 11) is 0. The van der Waals surface area contributed by atoms with Crippen LogP contribution in [0.4, 0.5) is 0 Å². The van der Waals surface area contributed by atoms with Gasteiger partial charge in [-0.3, -0.25) is 5.73 Å². The Morgan fingerprint density at radius 1 is 1.42 bits per heavy atom. The number of nitrogens with zero attached hydrogens (tertiary/aromatic N) is 4. The maximum Gasteiger partial charge on any atom is 0.341 e. The molecule has 0 saturated carbocycles. The van der Waals surface area contributed by atoms with E-state index < -0.39 is 59.5 Å². The molecule has 7 atom stereocenters. The average Bonchev–Trinajstić information content (AvgIpc) is 2.88. The minimum absolute atomic E-state index is 0.507. The Labute approximate surface area is 153 Å². The minimum Gasteiger partial charge on any atom is -0.479 e. The fourth-order valence-electron chi connectivity index (χ4n) is 4.02. The molecule has 0 spiro atoms. The fourth-order valence-corrected chi connectivity index (χ4v) is 4.32. The molecule has 4 aliphatic heterocycles. The van der Waals surface area contributed by atoms with Crippen molar-refractivity contribution in [3.63, 3.8) is 0 Å². The van der Waals surface area contributed by atoms with Crippen LogP contribution >= 0.6 is 11.6 Å². The van der Waals surface area contributed by atoms with Crippen LogP contribution in [-0.2, 0) is 9.53 Å². The Morgan fingerprint density at radius 3 is 2.62 bits per heavy atom. The number of halogens is 1. The SMILES string of the molecule is CC1(C)C2=NC(N)(Cl)C3(C(=O)O)N=CN([C@@H]4O[C@H](CO)[C@@H](O)[C@H]4O)C3N21. The van der Waals surface area contributed by atoms with Gasteiger partial charge in [-0.1, -0.05) is 11.6 Å². The summed E-state index contributed by atoms with van der Waals surface area (Å²) in [4.78, 5) is 23.5. The molecule has 0 aromatic rings. The largest absolute Gasteiger partial charge is 0.479 e. The van der Waals surface area contributed by atoms with Crippen LogP contribution in [0.5, 0.6) is 0 Å².